The Hall–Kier alpha value is -3.29. The molecule has 1 heterocycles. The minimum Gasteiger partial charge on any atom is -0.497 e. The summed E-state index contributed by atoms with van der Waals surface area (Å²) in [5.41, 5.74) is 1.26. The van der Waals surface area contributed by atoms with Gasteiger partial charge in [-0.05, 0) is 38.1 Å². The van der Waals surface area contributed by atoms with Crippen LogP contribution in [0.4, 0.5) is 5.88 Å². The van der Waals surface area contributed by atoms with Crippen molar-refractivity contribution in [2.75, 3.05) is 19.5 Å². The highest BCUT2D eigenvalue weighted by atomic mass is 16.5. The number of esters is 1. The molecule has 0 aliphatic carbocycles. The standard InChI is InChI=1S/C18H20N2O6/c1-11-9-16(26-20-11)19-18(22)12(2)25-17(21)8-5-13-10-14(23-3)6-7-15(13)24-4/h5-10,12H,1-4H3,(H,19,22)/b8-5+. The summed E-state index contributed by atoms with van der Waals surface area (Å²) in [6.45, 7) is 3.18. The summed E-state index contributed by atoms with van der Waals surface area (Å²) >= 11 is 0. The van der Waals surface area contributed by atoms with E-state index >= 15 is 0 Å². The molecule has 2 rings (SSSR count). The Labute approximate surface area is 150 Å². The van der Waals surface area contributed by atoms with E-state index < -0.39 is 18.0 Å². The number of nitrogens with one attached hydrogen (secondary N) is 1. The first-order chi connectivity index (χ1) is 12.4. The fourth-order valence-corrected chi connectivity index (χ4v) is 2.04. The fraction of sp³-hybridized carbons (Fsp3) is 0.278. The van der Waals surface area contributed by atoms with Gasteiger partial charge in [0.15, 0.2) is 6.10 Å². The van der Waals surface area contributed by atoms with Gasteiger partial charge < -0.3 is 18.7 Å². The molecule has 138 valence electrons. The van der Waals surface area contributed by atoms with E-state index in [-0.39, 0.29) is 5.88 Å². The molecule has 1 atom stereocenters. The third-order valence-electron chi connectivity index (χ3n) is 3.37. The maximum atomic E-state index is 12.0. The summed E-state index contributed by atoms with van der Waals surface area (Å²) in [6, 6.07) is 6.73. The van der Waals surface area contributed by atoms with E-state index in [0.717, 1.165) is 0 Å². The molecule has 1 aromatic carbocycles. The summed E-state index contributed by atoms with van der Waals surface area (Å²) in [6.07, 6.45) is 1.72. The maximum absolute atomic E-state index is 12.0. The Kier molecular flexibility index (Phi) is 6.37. The molecular formula is C18H20N2O6. The van der Waals surface area contributed by atoms with Gasteiger partial charge >= 0.3 is 5.97 Å². The summed E-state index contributed by atoms with van der Waals surface area (Å²) in [4.78, 5) is 23.9. The minimum absolute atomic E-state index is 0.187. The third-order valence-corrected chi connectivity index (χ3v) is 3.37. The number of benzene rings is 1. The van der Waals surface area contributed by atoms with Gasteiger partial charge in [-0.15, -0.1) is 0 Å². The van der Waals surface area contributed by atoms with Crippen LogP contribution in [0.15, 0.2) is 34.9 Å². The Morgan fingerprint density at radius 1 is 1.23 bits per heavy atom. The van der Waals surface area contributed by atoms with Crippen LogP contribution in [-0.4, -0.2) is 37.4 Å². The second-order valence-electron chi connectivity index (χ2n) is 5.34. The molecule has 0 fully saturated rings. The minimum atomic E-state index is -1.01. The molecule has 8 heteroatoms. The van der Waals surface area contributed by atoms with Crippen molar-refractivity contribution in [3.63, 3.8) is 0 Å². The van der Waals surface area contributed by atoms with E-state index in [1.165, 1.54) is 26.2 Å². The molecule has 0 radical (unpaired) electrons. The zero-order valence-electron chi connectivity index (χ0n) is 14.9. The van der Waals surface area contributed by atoms with Gasteiger partial charge in [-0.3, -0.25) is 10.1 Å². The number of hydrogen-bond donors (Lipinski definition) is 1. The Morgan fingerprint density at radius 3 is 2.62 bits per heavy atom. The third kappa shape index (κ3) is 5.10. The average Bonchev–Trinajstić information content (AvgIpc) is 3.04. The molecule has 0 saturated carbocycles. The van der Waals surface area contributed by atoms with Gasteiger partial charge in [-0.2, -0.15) is 0 Å². The number of carbonyl (C=O) groups excluding carboxylic acids is 2. The van der Waals surface area contributed by atoms with Gasteiger partial charge in [0.25, 0.3) is 5.91 Å². The first-order valence-electron chi connectivity index (χ1n) is 7.78. The van der Waals surface area contributed by atoms with Gasteiger partial charge in [0.05, 0.1) is 19.9 Å². The molecule has 0 saturated heterocycles. The number of aromatic nitrogens is 1. The van der Waals surface area contributed by atoms with Gasteiger partial charge in [0.2, 0.25) is 5.88 Å². The van der Waals surface area contributed by atoms with Crippen molar-refractivity contribution >= 4 is 23.8 Å². The van der Waals surface area contributed by atoms with Crippen LogP contribution >= 0.6 is 0 Å². The van der Waals surface area contributed by atoms with Crippen molar-refractivity contribution in [2.24, 2.45) is 0 Å². The summed E-state index contributed by atoms with van der Waals surface area (Å²) in [5, 5.41) is 6.12. The van der Waals surface area contributed by atoms with Crippen LogP contribution < -0.4 is 14.8 Å². The average molecular weight is 360 g/mol. The molecular weight excluding hydrogens is 340 g/mol. The molecule has 1 unspecified atom stereocenters. The second kappa shape index (κ2) is 8.70. The highest BCUT2D eigenvalue weighted by Crippen LogP contribution is 2.25. The van der Waals surface area contributed by atoms with Crippen LogP contribution in [0.1, 0.15) is 18.2 Å². The molecule has 1 N–H and O–H groups in total. The van der Waals surface area contributed by atoms with Crippen molar-refractivity contribution in [1.82, 2.24) is 5.16 Å². The molecule has 0 aliphatic heterocycles. The summed E-state index contributed by atoms with van der Waals surface area (Å²) < 4.78 is 20.3. The second-order valence-corrected chi connectivity index (χ2v) is 5.34. The van der Waals surface area contributed by atoms with Crippen molar-refractivity contribution in [3.05, 3.63) is 41.6 Å². The summed E-state index contributed by atoms with van der Waals surface area (Å²) in [5.74, 6) is 0.176. The Balaban J connectivity index is 1.97. The predicted molar refractivity (Wildman–Crippen MR) is 94.0 cm³/mol. The topological polar surface area (TPSA) is 99.9 Å². The molecule has 1 aromatic heterocycles. The largest absolute Gasteiger partial charge is 0.497 e. The van der Waals surface area contributed by atoms with Crippen LogP contribution in [-0.2, 0) is 14.3 Å². The van der Waals surface area contributed by atoms with E-state index in [1.807, 2.05) is 0 Å². The predicted octanol–water partition coefficient (Wildman–Crippen LogP) is 2.58. The van der Waals surface area contributed by atoms with E-state index in [2.05, 4.69) is 10.5 Å². The smallest absolute Gasteiger partial charge is 0.331 e. The van der Waals surface area contributed by atoms with Crippen LogP contribution in [0.25, 0.3) is 6.08 Å². The van der Waals surface area contributed by atoms with Crippen molar-refractivity contribution in [1.29, 1.82) is 0 Å². The number of aryl methyl sites for hydroxylation is 1. The van der Waals surface area contributed by atoms with Gasteiger partial charge in [0.1, 0.15) is 11.5 Å². The lowest BCUT2D eigenvalue weighted by Crippen LogP contribution is -2.29. The number of amides is 1. The highest BCUT2D eigenvalue weighted by Gasteiger charge is 2.18. The van der Waals surface area contributed by atoms with Crippen LogP contribution in [0, 0.1) is 6.92 Å². The van der Waals surface area contributed by atoms with Crippen molar-refractivity contribution in [3.8, 4) is 11.5 Å². The molecule has 1 amide bonds. The number of nitrogens with zero attached hydrogens (tertiary/aromatic N) is 1. The molecule has 2 aromatic rings. The highest BCUT2D eigenvalue weighted by molar-refractivity contribution is 5.95. The molecule has 0 aliphatic rings. The van der Waals surface area contributed by atoms with Crippen LogP contribution in [0.3, 0.4) is 0 Å². The van der Waals surface area contributed by atoms with Crippen molar-refractivity contribution < 1.29 is 28.3 Å². The molecule has 8 nitrogen and oxygen atoms in total. The maximum Gasteiger partial charge on any atom is 0.331 e. The van der Waals surface area contributed by atoms with E-state index in [0.29, 0.717) is 22.8 Å². The monoisotopic (exact) mass is 360 g/mol. The molecule has 26 heavy (non-hydrogen) atoms. The zero-order valence-corrected chi connectivity index (χ0v) is 14.9. The lowest BCUT2D eigenvalue weighted by atomic mass is 10.1. The number of ether oxygens (including phenoxy) is 3. The van der Waals surface area contributed by atoms with Crippen molar-refractivity contribution in [2.45, 2.75) is 20.0 Å². The Morgan fingerprint density at radius 2 is 2.00 bits per heavy atom. The molecule has 0 spiro atoms. The lowest BCUT2D eigenvalue weighted by molar-refractivity contribution is -0.148. The quantitative estimate of drug-likeness (QED) is 0.598. The van der Waals surface area contributed by atoms with E-state index in [1.54, 1.807) is 38.3 Å². The van der Waals surface area contributed by atoms with Gasteiger partial charge in [0, 0.05) is 17.7 Å². The SMILES string of the molecule is COc1ccc(OC)c(/C=C/C(=O)OC(C)C(=O)Nc2cc(C)no2)c1. The van der Waals surface area contributed by atoms with E-state index in [9.17, 15) is 9.59 Å². The first kappa shape index (κ1) is 19.0. The van der Waals surface area contributed by atoms with Gasteiger partial charge in [-0.25, -0.2) is 4.79 Å². The van der Waals surface area contributed by atoms with E-state index in [4.69, 9.17) is 18.7 Å². The first-order valence-corrected chi connectivity index (χ1v) is 7.78. The molecule has 0 bridgehead atoms. The number of rotatable bonds is 7. The normalized spacial score (nSPS) is 11.8. The van der Waals surface area contributed by atoms with Crippen LogP contribution in [0.2, 0.25) is 0 Å². The van der Waals surface area contributed by atoms with Gasteiger partial charge in [-0.1, -0.05) is 5.16 Å². The lowest BCUT2D eigenvalue weighted by Gasteiger charge is -2.10. The number of hydrogen-bond acceptors (Lipinski definition) is 7. The summed E-state index contributed by atoms with van der Waals surface area (Å²) in [7, 11) is 3.06. The number of anilines is 1. The number of methoxy groups -OCH3 is 2. The van der Waals surface area contributed by atoms with Crippen LogP contribution in [0.5, 0.6) is 11.5 Å². The fourth-order valence-electron chi connectivity index (χ4n) is 2.04. The Bertz CT molecular complexity index is 812. The zero-order chi connectivity index (χ0) is 19.1. The number of carbonyl (C=O) groups is 2.